The van der Waals surface area contributed by atoms with Gasteiger partial charge in [0.25, 0.3) is 0 Å². The van der Waals surface area contributed by atoms with E-state index in [0.29, 0.717) is 5.41 Å². The molecule has 1 saturated heterocycles. The van der Waals surface area contributed by atoms with Crippen LogP contribution in [0, 0.1) is 12.3 Å². The van der Waals surface area contributed by atoms with Gasteiger partial charge in [0.1, 0.15) is 0 Å². The predicted octanol–water partition coefficient (Wildman–Crippen LogP) is 3.45. The Morgan fingerprint density at radius 3 is 2.82 bits per heavy atom. The van der Waals surface area contributed by atoms with Gasteiger partial charge in [-0.1, -0.05) is 6.42 Å². The zero-order chi connectivity index (χ0) is 14.7. The summed E-state index contributed by atoms with van der Waals surface area (Å²) in [5.41, 5.74) is 0.628. The highest BCUT2D eigenvalue weighted by Crippen LogP contribution is 2.47. The molecule has 6 heteroatoms. The maximum absolute atomic E-state index is 4.82. The largest absolute Gasteiger partial charge is 0.357 e. The normalized spacial score (nSPS) is 19.9. The number of halogens is 1. The third-order valence-corrected chi connectivity index (χ3v) is 5.72. The van der Waals surface area contributed by atoms with Gasteiger partial charge in [-0.25, -0.2) is 4.98 Å². The Hall–Kier alpha value is -0.370. The Bertz CT molecular complexity index is 510. The first-order valence-corrected chi connectivity index (χ1v) is 8.97. The summed E-state index contributed by atoms with van der Waals surface area (Å²) in [6, 6.07) is 0. The third kappa shape index (κ3) is 4.13. The van der Waals surface area contributed by atoms with Gasteiger partial charge in [0, 0.05) is 43.7 Å². The van der Waals surface area contributed by atoms with Crippen LogP contribution in [-0.4, -0.2) is 42.0 Å². The van der Waals surface area contributed by atoms with Crippen molar-refractivity contribution in [1.29, 1.82) is 0 Å². The number of hydrogen-bond acceptors (Lipinski definition) is 3. The summed E-state index contributed by atoms with van der Waals surface area (Å²) < 4.78 is 0. The summed E-state index contributed by atoms with van der Waals surface area (Å²) in [4.78, 5) is 13.0. The number of aryl methyl sites for hydroxylation is 1. The number of rotatable bonds is 4. The highest BCUT2D eigenvalue weighted by Gasteiger charge is 2.43. The summed E-state index contributed by atoms with van der Waals surface area (Å²) in [5, 5.41) is 4.66. The maximum atomic E-state index is 4.82. The molecule has 4 nitrogen and oxygen atoms in total. The SMILES string of the molecule is CCNC(=NCCc1ncc(C)s1)N1CCC2(CCC2)C1.I. The Morgan fingerprint density at radius 2 is 2.27 bits per heavy atom. The summed E-state index contributed by atoms with van der Waals surface area (Å²) >= 11 is 1.78. The molecular formula is C16H27IN4S. The van der Waals surface area contributed by atoms with E-state index in [1.165, 1.54) is 48.7 Å². The fraction of sp³-hybridized carbons (Fsp3) is 0.750. The summed E-state index contributed by atoms with van der Waals surface area (Å²) in [6.07, 6.45) is 8.51. The van der Waals surface area contributed by atoms with Crippen LogP contribution in [0.1, 0.15) is 42.5 Å². The maximum Gasteiger partial charge on any atom is 0.193 e. The van der Waals surface area contributed by atoms with Crippen molar-refractivity contribution in [2.75, 3.05) is 26.2 Å². The van der Waals surface area contributed by atoms with E-state index in [0.717, 1.165) is 25.5 Å². The minimum atomic E-state index is 0. The van der Waals surface area contributed by atoms with Crippen molar-refractivity contribution < 1.29 is 0 Å². The number of hydrogen-bond donors (Lipinski definition) is 1. The van der Waals surface area contributed by atoms with E-state index in [4.69, 9.17) is 4.99 Å². The molecule has 0 bridgehead atoms. The predicted molar refractivity (Wildman–Crippen MR) is 104 cm³/mol. The smallest absolute Gasteiger partial charge is 0.193 e. The lowest BCUT2D eigenvalue weighted by Crippen LogP contribution is -2.42. The molecular weight excluding hydrogens is 407 g/mol. The molecule has 0 amide bonds. The van der Waals surface area contributed by atoms with Gasteiger partial charge in [-0.3, -0.25) is 4.99 Å². The number of aromatic nitrogens is 1. The van der Waals surface area contributed by atoms with Crippen LogP contribution in [0.4, 0.5) is 0 Å². The molecule has 22 heavy (non-hydrogen) atoms. The Kier molecular flexibility index (Phi) is 6.49. The molecule has 1 N–H and O–H groups in total. The number of nitrogens with zero attached hydrogens (tertiary/aromatic N) is 3. The van der Waals surface area contributed by atoms with Crippen LogP contribution in [0.2, 0.25) is 0 Å². The first-order chi connectivity index (χ1) is 10.2. The van der Waals surface area contributed by atoms with Crippen molar-refractivity contribution in [3.8, 4) is 0 Å². The van der Waals surface area contributed by atoms with Crippen molar-refractivity contribution in [2.45, 2.75) is 46.0 Å². The van der Waals surface area contributed by atoms with E-state index >= 15 is 0 Å². The quantitative estimate of drug-likeness (QED) is 0.449. The second kappa shape index (κ2) is 7.95. The standard InChI is InChI=1S/C16H26N4S.HI/c1-3-17-15(18-9-5-14-19-11-13(2)21-14)20-10-8-16(12-20)6-4-7-16;/h11H,3-10,12H2,1-2H3,(H,17,18);1H. The molecule has 1 aliphatic heterocycles. The van der Waals surface area contributed by atoms with Crippen LogP contribution in [0.25, 0.3) is 0 Å². The van der Waals surface area contributed by atoms with Gasteiger partial charge < -0.3 is 10.2 Å². The second-order valence-corrected chi connectivity index (χ2v) is 7.69. The van der Waals surface area contributed by atoms with Crippen LogP contribution in [0.5, 0.6) is 0 Å². The zero-order valence-electron chi connectivity index (χ0n) is 13.6. The number of thiazole rings is 1. The van der Waals surface area contributed by atoms with Crippen molar-refractivity contribution in [2.24, 2.45) is 10.4 Å². The van der Waals surface area contributed by atoms with E-state index in [9.17, 15) is 0 Å². The Morgan fingerprint density at radius 1 is 1.45 bits per heavy atom. The van der Waals surface area contributed by atoms with Crippen LogP contribution in [0.15, 0.2) is 11.2 Å². The van der Waals surface area contributed by atoms with Gasteiger partial charge in [-0.05, 0) is 38.5 Å². The lowest BCUT2D eigenvalue weighted by atomic mass is 9.68. The first-order valence-electron chi connectivity index (χ1n) is 8.15. The molecule has 1 aromatic rings. The summed E-state index contributed by atoms with van der Waals surface area (Å²) in [6.45, 7) is 8.40. The monoisotopic (exact) mass is 434 g/mol. The lowest BCUT2D eigenvalue weighted by molar-refractivity contribution is 0.151. The number of aliphatic imine (C=N–C) groups is 1. The van der Waals surface area contributed by atoms with Crippen molar-refractivity contribution >= 4 is 41.3 Å². The van der Waals surface area contributed by atoms with Gasteiger partial charge in [-0.15, -0.1) is 35.3 Å². The molecule has 0 aromatic carbocycles. The van der Waals surface area contributed by atoms with Gasteiger partial charge in [0.15, 0.2) is 5.96 Å². The van der Waals surface area contributed by atoms with E-state index in [2.05, 4.69) is 29.0 Å². The van der Waals surface area contributed by atoms with E-state index < -0.39 is 0 Å². The van der Waals surface area contributed by atoms with E-state index in [1.807, 2.05) is 6.20 Å². The third-order valence-electron chi connectivity index (χ3n) is 4.74. The summed E-state index contributed by atoms with van der Waals surface area (Å²) in [5.74, 6) is 1.11. The number of guanidine groups is 1. The Labute approximate surface area is 154 Å². The zero-order valence-corrected chi connectivity index (χ0v) is 16.7. The lowest BCUT2D eigenvalue weighted by Gasteiger charge is -2.38. The summed E-state index contributed by atoms with van der Waals surface area (Å²) in [7, 11) is 0. The minimum absolute atomic E-state index is 0. The van der Waals surface area contributed by atoms with Crippen LogP contribution in [0.3, 0.4) is 0 Å². The van der Waals surface area contributed by atoms with Crippen LogP contribution >= 0.6 is 35.3 Å². The number of likely N-dealkylation sites (tertiary alicyclic amines) is 1. The highest BCUT2D eigenvalue weighted by molar-refractivity contribution is 14.0. The molecule has 0 atom stereocenters. The number of nitrogens with one attached hydrogen (secondary N) is 1. The highest BCUT2D eigenvalue weighted by atomic mass is 127. The van der Waals surface area contributed by atoms with Crippen molar-refractivity contribution in [3.05, 3.63) is 16.1 Å². The topological polar surface area (TPSA) is 40.5 Å². The molecule has 1 aliphatic carbocycles. The molecule has 3 rings (SSSR count). The van der Waals surface area contributed by atoms with Gasteiger partial charge >= 0.3 is 0 Å². The van der Waals surface area contributed by atoms with Crippen molar-refractivity contribution in [3.63, 3.8) is 0 Å². The average Bonchev–Trinajstić information content (AvgIpc) is 3.04. The van der Waals surface area contributed by atoms with Crippen LogP contribution in [-0.2, 0) is 6.42 Å². The molecule has 0 radical (unpaired) electrons. The van der Waals surface area contributed by atoms with Gasteiger partial charge in [0.05, 0.1) is 5.01 Å². The molecule has 2 fully saturated rings. The molecule has 1 spiro atoms. The van der Waals surface area contributed by atoms with Crippen LogP contribution < -0.4 is 5.32 Å². The van der Waals surface area contributed by atoms with Crippen molar-refractivity contribution in [1.82, 2.24) is 15.2 Å². The molecule has 124 valence electrons. The molecule has 2 heterocycles. The van der Waals surface area contributed by atoms with Gasteiger partial charge in [0.2, 0.25) is 0 Å². The fourth-order valence-corrected chi connectivity index (χ4v) is 4.18. The molecule has 2 aliphatic rings. The average molecular weight is 434 g/mol. The Balaban J connectivity index is 0.00000176. The molecule has 0 unspecified atom stereocenters. The minimum Gasteiger partial charge on any atom is -0.357 e. The fourth-order valence-electron chi connectivity index (χ4n) is 3.40. The first kappa shape index (κ1) is 18.0. The van der Waals surface area contributed by atoms with Gasteiger partial charge in [-0.2, -0.15) is 0 Å². The van der Waals surface area contributed by atoms with E-state index in [1.54, 1.807) is 11.3 Å². The van der Waals surface area contributed by atoms with E-state index in [-0.39, 0.29) is 24.0 Å². The second-order valence-electron chi connectivity index (χ2n) is 6.38. The molecule has 1 saturated carbocycles. The molecule has 1 aromatic heterocycles.